The van der Waals surface area contributed by atoms with E-state index in [1.165, 1.54) is 17.0 Å². The molecule has 0 radical (unpaired) electrons. The van der Waals surface area contributed by atoms with Crippen LogP contribution in [-0.2, 0) is 4.79 Å². The summed E-state index contributed by atoms with van der Waals surface area (Å²) in [7, 11) is 0. The molecular weight excluding hydrogens is 303 g/mol. The predicted octanol–water partition coefficient (Wildman–Crippen LogP) is 1.92. The lowest BCUT2D eigenvalue weighted by molar-refractivity contribution is -0.119. The Morgan fingerprint density at radius 3 is 2.50 bits per heavy atom. The molecule has 0 aliphatic heterocycles. The molecule has 0 atom stereocenters. The maximum absolute atomic E-state index is 13.4. The number of benzene rings is 1. The Hall–Kier alpha value is -1.43. The first kappa shape index (κ1) is 14.6. The fourth-order valence-electron chi connectivity index (χ4n) is 1.45. The monoisotopic (exact) mass is 316 g/mol. The third kappa shape index (κ3) is 3.53. The second kappa shape index (κ2) is 5.95. The first-order chi connectivity index (χ1) is 8.32. The average molecular weight is 317 g/mol. The molecule has 0 saturated heterocycles. The average Bonchev–Trinajstić information content (AvgIpc) is 2.28. The summed E-state index contributed by atoms with van der Waals surface area (Å²) < 4.78 is 13.6. The van der Waals surface area contributed by atoms with E-state index in [1.54, 1.807) is 13.8 Å². The van der Waals surface area contributed by atoms with Crippen molar-refractivity contribution >= 4 is 27.7 Å². The maximum atomic E-state index is 13.4. The second-order valence-electron chi connectivity index (χ2n) is 4.12. The molecule has 18 heavy (non-hydrogen) atoms. The van der Waals surface area contributed by atoms with E-state index in [-0.39, 0.29) is 22.6 Å². The highest BCUT2D eigenvalue weighted by Gasteiger charge is 2.21. The molecule has 6 heteroatoms. The zero-order chi connectivity index (χ0) is 13.9. The summed E-state index contributed by atoms with van der Waals surface area (Å²) in [6, 6.07) is 3.87. The molecule has 0 saturated carbocycles. The van der Waals surface area contributed by atoms with Crippen LogP contribution >= 0.6 is 15.9 Å². The van der Waals surface area contributed by atoms with Crippen LogP contribution in [0, 0.1) is 5.82 Å². The van der Waals surface area contributed by atoms with Gasteiger partial charge in [-0.1, -0.05) is 0 Å². The number of nitrogens with zero attached hydrogens (tertiary/aromatic N) is 1. The van der Waals surface area contributed by atoms with Crippen LogP contribution in [0.3, 0.4) is 0 Å². The molecule has 0 spiro atoms. The van der Waals surface area contributed by atoms with E-state index in [0.29, 0.717) is 0 Å². The molecule has 0 unspecified atom stereocenters. The van der Waals surface area contributed by atoms with E-state index < -0.39 is 17.6 Å². The van der Waals surface area contributed by atoms with Gasteiger partial charge in [-0.05, 0) is 48.0 Å². The van der Waals surface area contributed by atoms with Gasteiger partial charge in [-0.15, -0.1) is 0 Å². The summed E-state index contributed by atoms with van der Waals surface area (Å²) in [6.45, 7) is 3.33. The Bertz CT molecular complexity index is 477. The van der Waals surface area contributed by atoms with Crippen molar-refractivity contribution in [3.8, 4) is 0 Å². The predicted molar refractivity (Wildman–Crippen MR) is 69.5 cm³/mol. The van der Waals surface area contributed by atoms with Crippen LogP contribution < -0.4 is 5.73 Å². The number of rotatable bonds is 4. The molecule has 2 amide bonds. The standard InChI is InChI=1S/C12H14BrFN2O2/c1-7(2)16(6-11(15)17)12(18)8-3-4-9(13)10(14)5-8/h3-5,7H,6H2,1-2H3,(H2,15,17). The van der Waals surface area contributed by atoms with E-state index in [0.717, 1.165) is 6.07 Å². The number of hydrogen-bond donors (Lipinski definition) is 1. The molecule has 1 aromatic carbocycles. The van der Waals surface area contributed by atoms with E-state index in [1.807, 2.05) is 0 Å². The van der Waals surface area contributed by atoms with Crippen molar-refractivity contribution in [1.82, 2.24) is 4.90 Å². The van der Waals surface area contributed by atoms with Gasteiger partial charge in [-0.3, -0.25) is 9.59 Å². The molecule has 0 bridgehead atoms. The van der Waals surface area contributed by atoms with Gasteiger partial charge in [0.25, 0.3) is 5.91 Å². The first-order valence-corrected chi connectivity index (χ1v) is 6.16. The van der Waals surface area contributed by atoms with E-state index >= 15 is 0 Å². The normalized spacial score (nSPS) is 10.5. The Kier molecular flexibility index (Phi) is 4.84. The van der Waals surface area contributed by atoms with Crippen molar-refractivity contribution in [1.29, 1.82) is 0 Å². The summed E-state index contributed by atoms with van der Waals surface area (Å²) in [4.78, 5) is 24.3. The van der Waals surface area contributed by atoms with Crippen LogP contribution in [0.15, 0.2) is 22.7 Å². The largest absolute Gasteiger partial charge is 0.368 e. The van der Waals surface area contributed by atoms with E-state index in [2.05, 4.69) is 15.9 Å². The van der Waals surface area contributed by atoms with Crippen LogP contribution in [0.5, 0.6) is 0 Å². The van der Waals surface area contributed by atoms with Crippen LogP contribution in [0.1, 0.15) is 24.2 Å². The van der Waals surface area contributed by atoms with Crippen LogP contribution in [-0.4, -0.2) is 29.3 Å². The van der Waals surface area contributed by atoms with Gasteiger partial charge in [-0.25, -0.2) is 4.39 Å². The number of primary amides is 1. The Morgan fingerprint density at radius 1 is 1.44 bits per heavy atom. The minimum absolute atomic E-state index is 0.186. The van der Waals surface area contributed by atoms with Gasteiger partial charge in [-0.2, -0.15) is 0 Å². The summed E-state index contributed by atoms with van der Waals surface area (Å²) in [5.41, 5.74) is 5.27. The SMILES string of the molecule is CC(C)N(CC(N)=O)C(=O)c1ccc(Br)c(F)c1. The molecule has 98 valence electrons. The number of carbonyl (C=O) groups is 2. The van der Waals surface area contributed by atoms with Crippen LogP contribution in [0.25, 0.3) is 0 Å². The van der Waals surface area contributed by atoms with Crippen LogP contribution in [0.2, 0.25) is 0 Å². The van der Waals surface area contributed by atoms with Gasteiger partial charge < -0.3 is 10.6 Å². The molecule has 0 aliphatic rings. The zero-order valence-electron chi connectivity index (χ0n) is 10.1. The lowest BCUT2D eigenvalue weighted by Gasteiger charge is -2.25. The fourth-order valence-corrected chi connectivity index (χ4v) is 1.70. The summed E-state index contributed by atoms with van der Waals surface area (Å²) in [5, 5.41) is 0. The van der Waals surface area contributed by atoms with Gasteiger partial charge in [0.2, 0.25) is 5.91 Å². The Labute approximate surface area is 113 Å². The Morgan fingerprint density at radius 2 is 2.06 bits per heavy atom. The molecule has 0 heterocycles. The molecule has 1 aromatic rings. The first-order valence-electron chi connectivity index (χ1n) is 5.37. The minimum atomic E-state index is -0.602. The van der Waals surface area contributed by atoms with Gasteiger partial charge >= 0.3 is 0 Å². The Balaban J connectivity index is 3.02. The molecular formula is C12H14BrFN2O2. The molecule has 4 nitrogen and oxygen atoms in total. The number of hydrogen-bond acceptors (Lipinski definition) is 2. The highest BCUT2D eigenvalue weighted by atomic mass is 79.9. The highest BCUT2D eigenvalue weighted by Crippen LogP contribution is 2.18. The lowest BCUT2D eigenvalue weighted by Crippen LogP contribution is -2.42. The third-order valence-corrected chi connectivity index (χ3v) is 3.02. The number of halogens is 2. The fraction of sp³-hybridized carbons (Fsp3) is 0.333. The summed E-state index contributed by atoms with van der Waals surface area (Å²) >= 11 is 3.01. The maximum Gasteiger partial charge on any atom is 0.254 e. The van der Waals surface area contributed by atoms with Crippen LogP contribution in [0.4, 0.5) is 4.39 Å². The van der Waals surface area contributed by atoms with Crippen molar-refractivity contribution in [2.45, 2.75) is 19.9 Å². The van der Waals surface area contributed by atoms with Crippen molar-refractivity contribution < 1.29 is 14.0 Å². The number of amides is 2. The summed E-state index contributed by atoms with van der Waals surface area (Å²) in [5.74, 6) is -1.55. The van der Waals surface area contributed by atoms with Gasteiger partial charge in [0.1, 0.15) is 5.82 Å². The van der Waals surface area contributed by atoms with Gasteiger partial charge in [0, 0.05) is 11.6 Å². The van der Waals surface area contributed by atoms with Crippen molar-refractivity contribution in [2.24, 2.45) is 5.73 Å². The van der Waals surface area contributed by atoms with E-state index in [9.17, 15) is 14.0 Å². The molecule has 1 rings (SSSR count). The summed E-state index contributed by atoms with van der Waals surface area (Å²) in [6.07, 6.45) is 0. The quantitative estimate of drug-likeness (QED) is 0.922. The minimum Gasteiger partial charge on any atom is -0.368 e. The van der Waals surface area contributed by atoms with Gasteiger partial charge in [0.05, 0.1) is 11.0 Å². The third-order valence-electron chi connectivity index (χ3n) is 2.38. The van der Waals surface area contributed by atoms with Gasteiger partial charge in [0.15, 0.2) is 0 Å². The van der Waals surface area contributed by atoms with Crippen molar-refractivity contribution in [3.63, 3.8) is 0 Å². The number of carbonyl (C=O) groups excluding carboxylic acids is 2. The molecule has 0 aliphatic carbocycles. The topological polar surface area (TPSA) is 63.4 Å². The molecule has 0 aromatic heterocycles. The number of nitrogens with two attached hydrogens (primary N) is 1. The zero-order valence-corrected chi connectivity index (χ0v) is 11.7. The second-order valence-corrected chi connectivity index (χ2v) is 4.98. The van der Waals surface area contributed by atoms with E-state index in [4.69, 9.17) is 5.73 Å². The smallest absolute Gasteiger partial charge is 0.254 e. The van der Waals surface area contributed by atoms with Crippen molar-refractivity contribution in [2.75, 3.05) is 6.54 Å². The lowest BCUT2D eigenvalue weighted by atomic mass is 10.1. The molecule has 0 fully saturated rings. The molecule has 2 N–H and O–H groups in total. The highest BCUT2D eigenvalue weighted by molar-refractivity contribution is 9.10. The van der Waals surface area contributed by atoms with Crippen molar-refractivity contribution in [3.05, 3.63) is 34.1 Å².